The molecule has 1 amide bonds. The van der Waals surface area contributed by atoms with Gasteiger partial charge in [0.15, 0.2) is 0 Å². The molecule has 0 saturated heterocycles. The number of carbonyl (C=O) groups is 1. The Labute approximate surface area is 109 Å². The van der Waals surface area contributed by atoms with Crippen molar-refractivity contribution in [3.05, 3.63) is 60.3 Å². The molecule has 0 aliphatic heterocycles. The Hall–Kier alpha value is -2.75. The molecule has 19 heavy (non-hydrogen) atoms. The first-order valence-corrected chi connectivity index (χ1v) is 5.91. The second kappa shape index (κ2) is 4.49. The summed E-state index contributed by atoms with van der Waals surface area (Å²) in [6.07, 6.45) is 1.82. The lowest BCUT2D eigenvalue weighted by Crippen LogP contribution is -2.12. The Morgan fingerprint density at radius 1 is 1.05 bits per heavy atom. The van der Waals surface area contributed by atoms with E-state index in [1.54, 1.807) is 18.2 Å². The second-order valence-electron chi connectivity index (χ2n) is 4.22. The normalized spacial score (nSPS) is 10.5. The summed E-state index contributed by atoms with van der Waals surface area (Å²) in [5, 5.41) is 13.4. The number of nitrogens with one attached hydrogen (secondary N) is 2. The molecule has 4 heteroatoms. The number of aromatic nitrogens is 1. The van der Waals surface area contributed by atoms with Gasteiger partial charge in [-0.3, -0.25) is 4.79 Å². The molecule has 2 aromatic carbocycles. The summed E-state index contributed by atoms with van der Waals surface area (Å²) in [4.78, 5) is 15.2. The second-order valence-corrected chi connectivity index (χ2v) is 4.22. The number of hydrogen-bond acceptors (Lipinski definition) is 2. The first kappa shape index (κ1) is 11.3. The number of fused-ring (bicyclic) bond motifs is 1. The molecular weight excluding hydrogens is 240 g/mol. The third-order valence-electron chi connectivity index (χ3n) is 2.99. The quantitative estimate of drug-likeness (QED) is 0.656. The summed E-state index contributed by atoms with van der Waals surface area (Å²) in [5.74, 6) is -0.354. The highest BCUT2D eigenvalue weighted by molar-refractivity contribution is 6.10. The molecule has 0 spiro atoms. The topological polar surface area (TPSA) is 65.1 Å². The van der Waals surface area contributed by atoms with E-state index in [-0.39, 0.29) is 17.2 Å². The maximum atomic E-state index is 12.1. The zero-order valence-corrected chi connectivity index (χ0v) is 10.1. The molecule has 0 radical (unpaired) electrons. The fraction of sp³-hybridized carbons (Fsp3) is 0. The average Bonchev–Trinajstić information content (AvgIpc) is 2.88. The maximum Gasteiger partial charge on any atom is 0.259 e. The van der Waals surface area contributed by atoms with Gasteiger partial charge in [-0.2, -0.15) is 0 Å². The van der Waals surface area contributed by atoms with Crippen LogP contribution < -0.4 is 5.32 Å². The molecule has 0 aliphatic carbocycles. The number of phenols is 1. The number of anilines is 1. The number of aromatic hydroxyl groups is 1. The predicted molar refractivity (Wildman–Crippen MR) is 74.4 cm³/mol. The van der Waals surface area contributed by atoms with E-state index in [4.69, 9.17) is 0 Å². The van der Waals surface area contributed by atoms with E-state index in [0.29, 0.717) is 5.69 Å². The molecule has 0 atom stereocenters. The van der Waals surface area contributed by atoms with Crippen molar-refractivity contribution in [3.8, 4) is 5.75 Å². The Balaban J connectivity index is 1.95. The van der Waals surface area contributed by atoms with Gasteiger partial charge in [0.25, 0.3) is 5.91 Å². The molecule has 0 saturated carbocycles. The van der Waals surface area contributed by atoms with E-state index < -0.39 is 0 Å². The molecule has 0 bridgehead atoms. The summed E-state index contributed by atoms with van der Waals surface area (Å²) in [6, 6.07) is 14.0. The molecule has 3 aromatic rings. The largest absolute Gasteiger partial charge is 0.507 e. The Kier molecular flexibility index (Phi) is 2.68. The Morgan fingerprint density at radius 2 is 1.89 bits per heavy atom. The minimum absolute atomic E-state index is 0.0266. The maximum absolute atomic E-state index is 12.1. The molecule has 4 nitrogen and oxygen atoms in total. The van der Waals surface area contributed by atoms with E-state index in [9.17, 15) is 9.90 Å². The number of H-pyrrole nitrogens is 1. The number of aromatic amines is 1. The summed E-state index contributed by atoms with van der Waals surface area (Å²) in [5.41, 5.74) is 1.93. The van der Waals surface area contributed by atoms with Gasteiger partial charge in [0, 0.05) is 17.1 Å². The van der Waals surface area contributed by atoms with E-state index in [1.807, 2.05) is 30.5 Å². The number of rotatable bonds is 2. The van der Waals surface area contributed by atoms with Crippen LogP contribution in [0, 0.1) is 0 Å². The molecular formula is C15H12N2O2. The van der Waals surface area contributed by atoms with Gasteiger partial charge in [-0.15, -0.1) is 0 Å². The van der Waals surface area contributed by atoms with Crippen LogP contribution in [0.4, 0.5) is 5.69 Å². The summed E-state index contributed by atoms with van der Waals surface area (Å²) < 4.78 is 0. The third kappa shape index (κ3) is 2.04. The number of benzene rings is 2. The average molecular weight is 252 g/mol. The highest BCUT2D eigenvalue weighted by atomic mass is 16.3. The van der Waals surface area contributed by atoms with Crippen molar-refractivity contribution in [2.45, 2.75) is 0 Å². The Bertz CT molecular complexity index is 746. The number of hydrogen-bond donors (Lipinski definition) is 3. The van der Waals surface area contributed by atoms with E-state index in [2.05, 4.69) is 10.3 Å². The fourth-order valence-electron chi connectivity index (χ4n) is 2.05. The number of para-hydroxylation sites is 1. The monoisotopic (exact) mass is 252 g/mol. The van der Waals surface area contributed by atoms with Crippen LogP contribution >= 0.6 is 0 Å². The molecule has 0 fully saturated rings. The van der Waals surface area contributed by atoms with Gasteiger partial charge in [0.2, 0.25) is 0 Å². The van der Waals surface area contributed by atoms with Gasteiger partial charge in [-0.05, 0) is 30.3 Å². The minimum Gasteiger partial charge on any atom is -0.507 e. The van der Waals surface area contributed by atoms with E-state index >= 15 is 0 Å². The van der Waals surface area contributed by atoms with Gasteiger partial charge in [-0.25, -0.2) is 0 Å². The first-order chi connectivity index (χ1) is 9.25. The van der Waals surface area contributed by atoms with Gasteiger partial charge < -0.3 is 15.4 Å². The first-order valence-electron chi connectivity index (χ1n) is 5.91. The van der Waals surface area contributed by atoms with Crippen LogP contribution in [0.3, 0.4) is 0 Å². The molecule has 1 aromatic heterocycles. The van der Waals surface area contributed by atoms with Crippen molar-refractivity contribution in [2.24, 2.45) is 0 Å². The highest BCUT2D eigenvalue weighted by Crippen LogP contribution is 2.24. The number of carbonyl (C=O) groups excluding carboxylic acids is 1. The molecule has 3 N–H and O–H groups in total. The van der Waals surface area contributed by atoms with Crippen molar-refractivity contribution in [2.75, 3.05) is 5.32 Å². The summed E-state index contributed by atoms with van der Waals surface area (Å²) in [6.45, 7) is 0. The molecule has 1 heterocycles. The molecule has 0 aliphatic rings. The van der Waals surface area contributed by atoms with Crippen LogP contribution in [-0.2, 0) is 0 Å². The van der Waals surface area contributed by atoms with Crippen molar-refractivity contribution in [1.29, 1.82) is 0 Å². The minimum atomic E-state index is -0.327. The molecule has 0 unspecified atom stereocenters. The van der Waals surface area contributed by atoms with Crippen molar-refractivity contribution >= 4 is 22.5 Å². The molecule has 94 valence electrons. The standard InChI is InChI=1S/C15H12N2O2/c18-14-7-2-1-4-11(14)15(19)17-13-6-3-5-12-10(13)8-9-16-12/h1-9,16,18H,(H,17,19). The van der Waals surface area contributed by atoms with Crippen LogP contribution in [-0.4, -0.2) is 16.0 Å². The van der Waals surface area contributed by atoms with E-state index in [0.717, 1.165) is 10.9 Å². The van der Waals surface area contributed by atoms with Gasteiger partial charge in [0.05, 0.1) is 11.3 Å². The van der Waals surface area contributed by atoms with Crippen molar-refractivity contribution in [3.63, 3.8) is 0 Å². The number of amides is 1. The third-order valence-corrected chi connectivity index (χ3v) is 2.99. The highest BCUT2D eigenvalue weighted by Gasteiger charge is 2.11. The van der Waals surface area contributed by atoms with Gasteiger partial charge in [-0.1, -0.05) is 18.2 Å². The SMILES string of the molecule is O=C(Nc1cccc2[nH]ccc12)c1ccccc1O. The predicted octanol–water partition coefficient (Wildman–Crippen LogP) is 3.13. The van der Waals surface area contributed by atoms with Crippen LogP contribution in [0.1, 0.15) is 10.4 Å². The fourth-order valence-corrected chi connectivity index (χ4v) is 2.05. The van der Waals surface area contributed by atoms with Crippen LogP contribution in [0.15, 0.2) is 54.7 Å². The van der Waals surface area contributed by atoms with Crippen LogP contribution in [0.5, 0.6) is 5.75 Å². The van der Waals surface area contributed by atoms with Crippen molar-refractivity contribution < 1.29 is 9.90 Å². The van der Waals surface area contributed by atoms with Gasteiger partial charge >= 0.3 is 0 Å². The molecule has 3 rings (SSSR count). The summed E-state index contributed by atoms with van der Waals surface area (Å²) in [7, 11) is 0. The van der Waals surface area contributed by atoms with Gasteiger partial charge in [0.1, 0.15) is 5.75 Å². The van der Waals surface area contributed by atoms with Crippen LogP contribution in [0.25, 0.3) is 10.9 Å². The zero-order valence-electron chi connectivity index (χ0n) is 10.1. The van der Waals surface area contributed by atoms with Crippen LogP contribution in [0.2, 0.25) is 0 Å². The lowest BCUT2D eigenvalue weighted by molar-refractivity contribution is 0.102. The lowest BCUT2D eigenvalue weighted by atomic mass is 10.1. The Morgan fingerprint density at radius 3 is 2.74 bits per heavy atom. The summed E-state index contributed by atoms with van der Waals surface area (Å²) >= 11 is 0. The zero-order chi connectivity index (χ0) is 13.2. The lowest BCUT2D eigenvalue weighted by Gasteiger charge is -2.07. The smallest absolute Gasteiger partial charge is 0.259 e. The number of phenolic OH excluding ortho intramolecular Hbond substituents is 1. The van der Waals surface area contributed by atoms with Crippen molar-refractivity contribution in [1.82, 2.24) is 4.98 Å². The van der Waals surface area contributed by atoms with E-state index in [1.165, 1.54) is 6.07 Å².